The van der Waals surface area contributed by atoms with Gasteiger partial charge in [-0.2, -0.15) is 0 Å². The Bertz CT molecular complexity index is 1180. The average molecular weight is 460 g/mol. The summed E-state index contributed by atoms with van der Waals surface area (Å²) in [5.74, 6) is 3.13. The van der Waals surface area contributed by atoms with Gasteiger partial charge in [0.1, 0.15) is 5.52 Å². The molecule has 1 heterocycles. The predicted octanol–water partition coefficient (Wildman–Crippen LogP) is 6.22. The minimum Gasteiger partial charge on any atom is -0.436 e. The highest BCUT2D eigenvalue weighted by Crippen LogP contribution is 2.61. The smallest absolute Gasteiger partial charge is 0.227 e. The molecule has 4 saturated carbocycles. The summed E-state index contributed by atoms with van der Waals surface area (Å²) >= 11 is 5.51. The molecule has 4 aliphatic rings. The third kappa shape index (κ3) is 4.05. The van der Waals surface area contributed by atoms with Crippen LogP contribution in [-0.4, -0.2) is 16.0 Å². The molecule has 4 fully saturated rings. The van der Waals surface area contributed by atoms with E-state index in [1.165, 1.54) is 38.5 Å². The maximum Gasteiger partial charge on any atom is 0.227 e. The largest absolute Gasteiger partial charge is 0.436 e. The summed E-state index contributed by atoms with van der Waals surface area (Å²) < 4.78 is 5.91. The van der Waals surface area contributed by atoms with Gasteiger partial charge >= 0.3 is 0 Å². The number of anilines is 1. The summed E-state index contributed by atoms with van der Waals surface area (Å²) in [6, 6.07) is 13.7. The highest BCUT2D eigenvalue weighted by Gasteiger charge is 2.51. The van der Waals surface area contributed by atoms with E-state index >= 15 is 0 Å². The molecule has 33 heavy (non-hydrogen) atoms. The third-order valence-corrected chi connectivity index (χ3v) is 8.18. The highest BCUT2D eigenvalue weighted by molar-refractivity contribution is 7.80. The molecular weight excluding hydrogens is 430 g/mol. The van der Waals surface area contributed by atoms with Crippen LogP contribution in [0, 0.1) is 30.1 Å². The first-order valence-electron chi connectivity index (χ1n) is 12.0. The Labute approximate surface area is 199 Å². The number of thiocarbonyl (C=S) groups is 1. The van der Waals surface area contributed by atoms with E-state index in [1.807, 2.05) is 49.4 Å². The second-order valence-electron chi connectivity index (χ2n) is 10.6. The van der Waals surface area contributed by atoms with E-state index in [2.05, 4.69) is 15.6 Å². The number of hydrogen-bond acceptors (Lipinski definition) is 4. The first-order valence-corrected chi connectivity index (χ1v) is 12.4. The number of fused-ring (bicyclic) bond motifs is 1. The summed E-state index contributed by atoms with van der Waals surface area (Å²) in [5.41, 5.74) is 4.53. The summed E-state index contributed by atoms with van der Waals surface area (Å²) in [7, 11) is 0. The van der Waals surface area contributed by atoms with Crippen molar-refractivity contribution in [3.8, 4) is 11.5 Å². The Morgan fingerprint density at radius 3 is 2.48 bits per heavy atom. The van der Waals surface area contributed by atoms with Crippen molar-refractivity contribution in [2.75, 3.05) is 5.32 Å². The van der Waals surface area contributed by atoms with Crippen LogP contribution in [0.1, 0.15) is 50.5 Å². The van der Waals surface area contributed by atoms with Crippen LogP contribution in [0.5, 0.6) is 0 Å². The van der Waals surface area contributed by atoms with Crippen molar-refractivity contribution in [2.24, 2.45) is 23.2 Å². The molecule has 0 radical (unpaired) electrons. The number of nitrogens with one attached hydrogen (secondary N) is 2. The van der Waals surface area contributed by atoms with Crippen molar-refractivity contribution in [3.63, 3.8) is 0 Å². The van der Waals surface area contributed by atoms with E-state index < -0.39 is 0 Å². The zero-order chi connectivity index (χ0) is 22.6. The molecular formula is C27H29N3O2S. The minimum absolute atomic E-state index is 0.0437. The van der Waals surface area contributed by atoms with E-state index in [0.717, 1.165) is 45.7 Å². The minimum atomic E-state index is 0.0437. The quantitative estimate of drug-likeness (QED) is 0.453. The van der Waals surface area contributed by atoms with E-state index in [-0.39, 0.29) is 11.3 Å². The summed E-state index contributed by atoms with van der Waals surface area (Å²) in [5, 5.41) is 6.53. The summed E-state index contributed by atoms with van der Waals surface area (Å²) in [4.78, 5) is 17.5. The Balaban J connectivity index is 1.13. The van der Waals surface area contributed by atoms with Crippen molar-refractivity contribution in [2.45, 2.75) is 51.9 Å². The lowest BCUT2D eigenvalue weighted by atomic mass is 9.49. The fraction of sp³-hybridized carbons (Fsp3) is 0.444. The Morgan fingerprint density at radius 1 is 1.09 bits per heavy atom. The number of oxazole rings is 1. The number of aryl methyl sites for hydroxylation is 1. The molecule has 6 heteroatoms. The van der Waals surface area contributed by atoms with Crippen LogP contribution >= 0.6 is 12.2 Å². The van der Waals surface area contributed by atoms with Crippen LogP contribution in [0.2, 0.25) is 0 Å². The van der Waals surface area contributed by atoms with Gasteiger partial charge in [-0.25, -0.2) is 4.98 Å². The van der Waals surface area contributed by atoms with Crippen LogP contribution in [0.25, 0.3) is 22.6 Å². The molecule has 0 saturated heterocycles. The summed E-state index contributed by atoms with van der Waals surface area (Å²) in [6.07, 6.45) is 8.42. The van der Waals surface area contributed by atoms with Crippen molar-refractivity contribution in [3.05, 3.63) is 48.0 Å². The predicted molar refractivity (Wildman–Crippen MR) is 134 cm³/mol. The zero-order valence-electron chi connectivity index (χ0n) is 18.9. The van der Waals surface area contributed by atoms with Gasteiger partial charge in [0.2, 0.25) is 11.8 Å². The first kappa shape index (κ1) is 20.8. The van der Waals surface area contributed by atoms with Gasteiger partial charge in [0, 0.05) is 17.7 Å². The molecule has 3 aromatic rings. The van der Waals surface area contributed by atoms with Gasteiger partial charge in [0.25, 0.3) is 0 Å². The highest BCUT2D eigenvalue weighted by atomic mass is 32.1. The number of nitrogens with zero attached hydrogens (tertiary/aromatic N) is 1. The van der Waals surface area contributed by atoms with Crippen LogP contribution < -0.4 is 10.6 Å². The molecule has 1 amide bonds. The molecule has 5 nitrogen and oxygen atoms in total. The number of carbonyl (C=O) groups excluding carboxylic acids is 1. The van der Waals surface area contributed by atoms with Crippen molar-refractivity contribution in [1.29, 1.82) is 0 Å². The van der Waals surface area contributed by atoms with Crippen LogP contribution in [-0.2, 0) is 4.79 Å². The molecule has 0 spiro atoms. The topological polar surface area (TPSA) is 67.2 Å². The van der Waals surface area contributed by atoms with Gasteiger partial charge in [-0.3, -0.25) is 4.79 Å². The van der Waals surface area contributed by atoms with E-state index in [1.54, 1.807) is 0 Å². The van der Waals surface area contributed by atoms with Crippen molar-refractivity contribution >= 4 is 40.0 Å². The number of benzene rings is 2. The number of para-hydroxylation sites is 2. The van der Waals surface area contributed by atoms with Gasteiger partial charge in [-0.1, -0.05) is 18.2 Å². The van der Waals surface area contributed by atoms with Crippen molar-refractivity contribution < 1.29 is 9.21 Å². The number of carbonyl (C=O) groups is 1. The molecule has 7 rings (SSSR count). The van der Waals surface area contributed by atoms with E-state index in [4.69, 9.17) is 16.6 Å². The number of rotatable bonds is 4. The first-order chi connectivity index (χ1) is 15.9. The SMILES string of the molecule is Cc1ccc(-c2nc3ccccc3o2)cc1NC(=S)NC(=O)CC12CC3CC(CC(C3)C1)C2. The molecule has 170 valence electrons. The Hall–Kier alpha value is -2.73. The van der Waals surface area contributed by atoms with Crippen LogP contribution in [0.4, 0.5) is 5.69 Å². The standard InChI is InChI=1S/C27H29N3O2S/c1-16-6-7-20(25-28-21-4-2-3-5-23(21)32-25)11-22(16)29-26(33)30-24(31)15-27-12-17-8-18(13-27)10-19(9-17)14-27/h2-7,11,17-19H,8-10,12-15H2,1H3,(H2,29,30,31,33). The van der Waals surface area contributed by atoms with Gasteiger partial charge in [-0.15, -0.1) is 0 Å². The van der Waals surface area contributed by atoms with Gasteiger partial charge < -0.3 is 15.1 Å². The van der Waals surface area contributed by atoms with E-state index in [9.17, 15) is 4.79 Å². The monoisotopic (exact) mass is 459 g/mol. The normalized spacial score (nSPS) is 27.6. The van der Waals surface area contributed by atoms with E-state index in [0.29, 0.717) is 17.4 Å². The molecule has 2 aromatic carbocycles. The number of hydrogen-bond donors (Lipinski definition) is 2. The summed E-state index contributed by atoms with van der Waals surface area (Å²) in [6.45, 7) is 2.01. The lowest BCUT2D eigenvalue weighted by Crippen LogP contribution is -2.48. The fourth-order valence-corrected chi connectivity index (χ4v) is 7.28. The van der Waals surface area contributed by atoms with Crippen molar-refractivity contribution in [1.82, 2.24) is 10.3 Å². The van der Waals surface area contributed by atoms with Crippen LogP contribution in [0.15, 0.2) is 46.9 Å². The second-order valence-corrected chi connectivity index (χ2v) is 11.0. The Kier molecular flexibility index (Phi) is 5.02. The van der Waals surface area contributed by atoms with Crippen LogP contribution in [0.3, 0.4) is 0 Å². The molecule has 0 unspecified atom stereocenters. The maximum atomic E-state index is 12.9. The zero-order valence-corrected chi connectivity index (χ0v) is 19.7. The Morgan fingerprint density at radius 2 is 1.79 bits per heavy atom. The maximum absolute atomic E-state index is 12.9. The second kappa shape index (κ2) is 7.94. The van der Waals surface area contributed by atoms with Gasteiger partial charge in [-0.05, 0) is 111 Å². The fourth-order valence-electron chi connectivity index (χ4n) is 7.06. The molecule has 0 atom stereocenters. The number of aromatic nitrogens is 1. The average Bonchev–Trinajstić information content (AvgIpc) is 3.18. The van der Waals surface area contributed by atoms with Gasteiger partial charge in [0.15, 0.2) is 10.7 Å². The molecule has 4 aliphatic carbocycles. The lowest BCUT2D eigenvalue weighted by molar-refractivity contribution is -0.127. The third-order valence-electron chi connectivity index (χ3n) is 7.98. The molecule has 4 bridgehead atoms. The van der Waals surface area contributed by atoms with Gasteiger partial charge in [0.05, 0.1) is 0 Å². The molecule has 1 aromatic heterocycles. The lowest BCUT2D eigenvalue weighted by Gasteiger charge is -2.56. The molecule has 2 N–H and O–H groups in total. The number of amides is 1. The molecule has 0 aliphatic heterocycles.